The number of rotatable bonds is 5. The molecule has 2 saturated heterocycles. The van der Waals surface area contributed by atoms with Crippen LogP contribution in [0.3, 0.4) is 0 Å². The highest BCUT2D eigenvalue weighted by atomic mass is 31.2. The fraction of sp³-hybridized carbons (Fsp3) is 0.957. The van der Waals surface area contributed by atoms with Crippen molar-refractivity contribution in [1.29, 1.82) is 0 Å². The van der Waals surface area contributed by atoms with Crippen LogP contribution in [0.4, 0.5) is 0 Å². The standard InChI is InChI=1S/C23H47N2O2P/c1-18-14-24(23(6,7)8)16-20(26-18)11-12-28(9,10)25-15-19(2)27-21(17-25)13-22(3,4)5/h18-21H,9,11-17H2,1-8,10H3. The molecule has 0 N–H and O–H groups in total. The van der Waals surface area contributed by atoms with Crippen LogP contribution in [0.5, 0.6) is 0 Å². The van der Waals surface area contributed by atoms with Crippen molar-refractivity contribution in [2.45, 2.75) is 98.2 Å². The quantitative estimate of drug-likeness (QED) is 0.604. The van der Waals surface area contributed by atoms with Gasteiger partial charge in [-0.2, -0.15) is 0 Å². The van der Waals surface area contributed by atoms with Gasteiger partial charge in [0.1, 0.15) is 0 Å². The third kappa shape index (κ3) is 7.43. The monoisotopic (exact) mass is 414 g/mol. The molecular weight excluding hydrogens is 367 g/mol. The van der Waals surface area contributed by atoms with Crippen LogP contribution in [-0.4, -0.2) is 84.8 Å². The molecular formula is C23H47N2O2P. The van der Waals surface area contributed by atoms with E-state index >= 15 is 0 Å². The Kier molecular flexibility index (Phi) is 7.93. The van der Waals surface area contributed by atoms with Gasteiger partial charge in [0.15, 0.2) is 0 Å². The highest BCUT2D eigenvalue weighted by Gasteiger charge is 2.35. The lowest BCUT2D eigenvalue weighted by atomic mass is 9.89. The first-order valence-corrected chi connectivity index (χ1v) is 13.7. The van der Waals surface area contributed by atoms with Crippen molar-refractivity contribution >= 4 is 13.3 Å². The van der Waals surface area contributed by atoms with Crippen LogP contribution >= 0.6 is 7.04 Å². The molecule has 2 rings (SSSR count). The fourth-order valence-electron chi connectivity index (χ4n) is 4.53. The molecule has 2 aliphatic rings. The summed E-state index contributed by atoms with van der Waals surface area (Å²) >= 11 is 0. The fourth-order valence-corrected chi connectivity index (χ4v) is 6.85. The van der Waals surface area contributed by atoms with Crippen molar-refractivity contribution in [2.75, 3.05) is 39.0 Å². The summed E-state index contributed by atoms with van der Waals surface area (Å²) in [5, 5.41) is 0. The maximum absolute atomic E-state index is 6.31. The van der Waals surface area contributed by atoms with Gasteiger partial charge in [0.2, 0.25) is 0 Å². The van der Waals surface area contributed by atoms with Crippen LogP contribution in [0.25, 0.3) is 0 Å². The Morgan fingerprint density at radius 2 is 1.46 bits per heavy atom. The maximum Gasteiger partial charge on any atom is 0.0714 e. The Hall–Kier alpha value is 0.140. The lowest BCUT2D eigenvalue weighted by Crippen LogP contribution is -2.54. The summed E-state index contributed by atoms with van der Waals surface area (Å²) in [6.45, 7) is 24.8. The lowest BCUT2D eigenvalue weighted by molar-refractivity contribution is -0.101. The minimum atomic E-state index is -1.40. The van der Waals surface area contributed by atoms with E-state index in [1.165, 1.54) is 0 Å². The molecule has 0 spiro atoms. The van der Waals surface area contributed by atoms with E-state index in [1.54, 1.807) is 0 Å². The van der Waals surface area contributed by atoms with E-state index in [9.17, 15) is 0 Å². The SMILES string of the molecule is C=P(C)(CCC1CN(C(C)(C)C)CC(C)O1)N1CC(C)OC(CC(C)(C)C)C1. The molecule has 0 aromatic heterocycles. The third-order valence-electron chi connectivity index (χ3n) is 6.04. The zero-order valence-corrected chi connectivity index (χ0v) is 21.0. The van der Waals surface area contributed by atoms with E-state index in [-0.39, 0.29) is 5.54 Å². The van der Waals surface area contributed by atoms with E-state index in [2.05, 4.69) is 71.6 Å². The van der Waals surface area contributed by atoms with Gasteiger partial charge in [-0.3, -0.25) is 9.57 Å². The Balaban J connectivity index is 1.95. The minimum absolute atomic E-state index is 0.207. The van der Waals surface area contributed by atoms with Gasteiger partial charge < -0.3 is 9.47 Å². The Morgan fingerprint density at radius 3 is 2.04 bits per heavy atom. The van der Waals surface area contributed by atoms with Crippen molar-refractivity contribution in [3.8, 4) is 0 Å². The lowest BCUT2D eigenvalue weighted by Gasteiger charge is -2.46. The van der Waals surface area contributed by atoms with Gasteiger partial charge in [-0.15, -0.1) is 0 Å². The number of morpholine rings is 2. The van der Waals surface area contributed by atoms with Crippen LogP contribution in [-0.2, 0) is 9.47 Å². The first-order valence-electron chi connectivity index (χ1n) is 11.2. The summed E-state index contributed by atoms with van der Waals surface area (Å²) in [5.41, 5.74) is 0.505. The molecule has 0 amide bonds. The Bertz CT molecular complexity index is 552. The van der Waals surface area contributed by atoms with E-state index in [1.807, 2.05) is 0 Å². The molecule has 166 valence electrons. The molecule has 5 heteroatoms. The molecule has 5 unspecified atom stereocenters. The summed E-state index contributed by atoms with van der Waals surface area (Å²) < 4.78 is 15.2. The minimum Gasteiger partial charge on any atom is -0.373 e. The normalized spacial score (nSPS) is 33.6. The molecule has 2 aliphatic heterocycles. The van der Waals surface area contributed by atoms with Crippen molar-refractivity contribution in [2.24, 2.45) is 5.41 Å². The molecule has 0 aromatic carbocycles. The van der Waals surface area contributed by atoms with Crippen LogP contribution in [0.1, 0.15) is 68.2 Å². The topological polar surface area (TPSA) is 24.9 Å². The number of hydrogen-bond acceptors (Lipinski definition) is 4. The molecule has 0 aliphatic carbocycles. The van der Waals surface area contributed by atoms with Gasteiger partial charge in [-0.25, -0.2) is 0 Å². The molecule has 0 bridgehead atoms. The predicted molar refractivity (Wildman–Crippen MR) is 125 cm³/mol. The average molecular weight is 415 g/mol. The second-order valence-corrected chi connectivity index (χ2v) is 15.4. The van der Waals surface area contributed by atoms with Crippen LogP contribution in [0, 0.1) is 5.41 Å². The van der Waals surface area contributed by atoms with Crippen molar-refractivity contribution in [1.82, 2.24) is 9.57 Å². The van der Waals surface area contributed by atoms with Gasteiger partial charge >= 0.3 is 0 Å². The Morgan fingerprint density at radius 1 is 0.893 bits per heavy atom. The van der Waals surface area contributed by atoms with Crippen LogP contribution < -0.4 is 0 Å². The van der Waals surface area contributed by atoms with E-state index < -0.39 is 7.04 Å². The van der Waals surface area contributed by atoms with E-state index in [0.717, 1.165) is 45.2 Å². The summed E-state index contributed by atoms with van der Waals surface area (Å²) in [6.07, 6.45) is 9.39. The molecule has 28 heavy (non-hydrogen) atoms. The smallest absolute Gasteiger partial charge is 0.0714 e. The Labute approximate surface area is 175 Å². The molecule has 2 heterocycles. The molecule has 4 nitrogen and oxygen atoms in total. The molecule has 0 radical (unpaired) electrons. The first kappa shape index (κ1) is 24.4. The van der Waals surface area contributed by atoms with E-state index in [4.69, 9.17) is 15.8 Å². The maximum atomic E-state index is 6.31. The van der Waals surface area contributed by atoms with Gasteiger partial charge in [0.05, 0.1) is 24.4 Å². The third-order valence-corrected chi connectivity index (χ3v) is 8.95. The van der Waals surface area contributed by atoms with Gasteiger partial charge in [0.25, 0.3) is 0 Å². The predicted octanol–water partition coefficient (Wildman–Crippen LogP) is 4.78. The van der Waals surface area contributed by atoms with Crippen molar-refractivity contribution in [3.05, 3.63) is 0 Å². The largest absolute Gasteiger partial charge is 0.373 e. The second kappa shape index (κ2) is 9.10. The highest BCUT2D eigenvalue weighted by molar-refractivity contribution is 7.70. The van der Waals surface area contributed by atoms with Gasteiger partial charge in [0, 0.05) is 31.7 Å². The molecule has 0 aromatic rings. The first-order chi connectivity index (χ1) is 12.7. The van der Waals surface area contributed by atoms with E-state index in [0.29, 0.717) is 29.8 Å². The highest BCUT2D eigenvalue weighted by Crippen LogP contribution is 2.48. The molecule has 5 atom stereocenters. The summed E-state index contributed by atoms with van der Waals surface area (Å²) in [6, 6.07) is 0. The summed E-state index contributed by atoms with van der Waals surface area (Å²) in [5.74, 6) is 0. The van der Waals surface area contributed by atoms with Crippen LogP contribution in [0.15, 0.2) is 0 Å². The number of hydrogen-bond donors (Lipinski definition) is 0. The van der Waals surface area contributed by atoms with Gasteiger partial charge in [-0.1, -0.05) is 34.1 Å². The molecule has 0 saturated carbocycles. The van der Waals surface area contributed by atoms with Crippen LogP contribution in [0.2, 0.25) is 0 Å². The summed E-state index contributed by atoms with van der Waals surface area (Å²) in [4.78, 5) is 2.58. The summed E-state index contributed by atoms with van der Waals surface area (Å²) in [7, 11) is -1.40. The number of ether oxygens (including phenoxy) is 2. The zero-order chi connectivity index (χ0) is 21.3. The second-order valence-electron chi connectivity index (χ2n) is 11.7. The number of nitrogens with zero attached hydrogens (tertiary/aromatic N) is 2. The average Bonchev–Trinajstić information content (AvgIpc) is 2.49. The van der Waals surface area contributed by atoms with Gasteiger partial charge in [-0.05, 0) is 65.7 Å². The zero-order valence-electron chi connectivity index (χ0n) is 20.1. The van der Waals surface area contributed by atoms with Crippen molar-refractivity contribution in [3.63, 3.8) is 0 Å². The molecule has 2 fully saturated rings. The van der Waals surface area contributed by atoms with Crippen molar-refractivity contribution < 1.29 is 9.47 Å².